The number of carboxylic acids is 2. The number of aliphatic carboxylic acids is 2. The first-order valence-corrected chi connectivity index (χ1v) is 4.96. The van der Waals surface area contributed by atoms with Crippen molar-refractivity contribution >= 4 is 30.3 Å². The number of benzene rings is 1. The van der Waals surface area contributed by atoms with E-state index in [2.05, 4.69) is 12.6 Å². The number of nitrogens with one attached hydrogen (secondary N) is 1. The van der Waals surface area contributed by atoms with E-state index in [-0.39, 0.29) is 59.1 Å². The van der Waals surface area contributed by atoms with Crippen molar-refractivity contribution in [2.75, 3.05) is 5.32 Å². The zero-order chi connectivity index (χ0) is 14.7. The van der Waals surface area contributed by atoms with E-state index in [4.69, 9.17) is 0 Å². The van der Waals surface area contributed by atoms with E-state index in [9.17, 15) is 33.0 Å². The first-order chi connectivity index (χ1) is 8.75. The molecule has 0 aliphatic rings. The van der Waals surface area contributed by atoms with Gasteiger partial charge >= 0.3 is 59.1 Å². The Morgan fingerprint density at radius 2 is 1.48 bits per heavy atom. The number of hydrogen-bond acceptors (Lipinski definition) is 6. The van der Waals surface area contributed by atoms with E-state index in [0.29, 0.717) is 6.07 Å². The second kappa shape index (κ2) is 9.78. The molecular weight excluding hydrogens is 333 g/mol. The Morgan fingerprint density at radius 3 is 1.90 bits per heavy atom. The van der Waals surface area contributed by atoms with Gasteiger partial charge in [0.05, 0.1) is 22.7 Å². The molecule has 0 heterocycles. The second-order valence-corrected chi connectivity index (χ2v) is 3.59. The number of thiol groups is 1. The van der Waals surface area contributed by atoms with Crippen LogP contribution < -0.4 is 74.6 Å². The van der Waals surface area contributed by atoms with Crippen LogP contribution in [0.5, 0.6) is 0 Å². The number of rotatable bonds is 4. The summed E-state index contributed by atoms with van der Waals surface area (Å²) in [5.74, 6) is -9.22. The van der Waals surface area contributed by atoms with E-state index in [0.717, 1.165) is 6.07 Å². The molecule has 0 unspecified atom stereocenters. The Hall–Kier alpha value is -0.160. The molecular formula is C10H4F3NNa2O4S. The minimum absolute atomic E-state index is 0. The van der Waals surface area contributed by atoms with Gasteiger partial charge < -0.3 is 25.1 Å². The fraction of sp³-hybridized carbons (Fsp3) is 0. The maximum absolute atomic E-state index is 13.2. The summed E-state index contributed by atoms with van der Waals surface area (Å²) in [6, 6.07) is 1.28. The van der Waals surface area contributed by atoms with Gasteiger partial charge in [-0.3, -0.25) is 0 Å². The van der Waals surface area contributed by atoms with Crippen LogP contribution >= 0.6 is 12.6 Å². The second-order valence-electron chi connectivity index (χ2n) is 3.15. The number of carboxylic acid groups (broad SMARTS) is 2. The Balaban J connectivity index is 0. The van der Waals surface area contributed by atoms with Gasteiger partial charge in [0.25, 0.3) is 0 Å². The van der Waals surface area contributed by atoms with Crippen molar-refractivity contribution in [2.45, 2.75) is 0 Å². The normalized spacial score (nSPS) is 8.95. The van der Waals surface area contributed by atoms with Crippen molar-refractivity contribution in [1.82, 2.24) is 0 Å². The summed E-state index contributed by atoms with van der Waals surface area (Å²) >= 11 is 3.47. The molecule has 5 nitrogen and oxygen atoms in total. The SMILES string of the molecule is O=C([O-])C(C(=O)[O-])=C(S)Nc1ccc(F)c(F)c1F.[Na+].[Na+]. The molecule has 1 aromatic carbocycles. The van der Waals surface area contributed by atoms with E-state index < -0.39 is 45.7 Å². The molecule has 0 aliphatic carbocycles. The molecule has 0 aromatic heterocycles. The molecule has 1 aromatic rings. The van der Waals surface area contributed by atoms with E-state index in [1.807, 2.05) is 5.32 Å². The smallest absolute Gasteiger partial charge is 0.545 e. The molecule has 0 saturated carbocycles. The summed E-state index contributed by atoms with van der Waals surface area (Å²) < 4.78 is 38.7. The van der Waals surface area contributed by atoms with E-state index >= 15 is 0 Å². The third-order valence-corrected chi connectivity index (χ3v) is 2.27. The maximum atomic E-state index is 13.2. The molecule has 102 valence electrons. The molecule has 0 spiro atoms. The minimum atomic E-state index is -2.14. The Bertz CT molecular complexity index is 582. The third-order valence-electron chi connectivity index (χ3n) is 1.93. The summed E-state index contributed by atoms with van der Waals surface area (Å²) in [5.41, 5.74) is -2.10. The molecule has 0 amide bonds. The van der Waals surface area contributed by atoms with Crippen LogP contribution in [0.15, 0.2) is 22.7 Å². The summed E-state index contributed by atoms with van der Waals surface area (Å²) in [6.45, 7) is 0. The van der Waals surface area contributed by atoms with Crippen molar-refractivity contribution in [3.63, 3.8) is 0 Å². The summed E-state index contributed by atoms with van der Waals surface area (Å²) in [5, 5.41) is 21.9. The summed E-state index contributed by atoms with van der Waals surface area (Å²) in [6.07, 6.45) is 0. The van der Waals surface area contributed by atoms with Crippen LogP contribution in [-0.2, 0) is 9.59 Å². The van der Waals surface area contributed by atoms with Crippen LogP contribution in [0.1, 0.15) is 0 Å². The molecule has 1 N–H and O–H groups in total. The largest absolute Gasteiger partial charge is 1.00 e. The zero-order valence-corrected chi connectivity index (χ0v) is 15.8. The molecule has 21 heavy (non-hydrogen) atoms. The molecule has 0 atom stereocenters. The van der Waals surface area contributed by atoms with Gasteiger partial charge in [-0.25, -0.2) is 13.2 Å². The predicted octanol–water partition coefficient (Wildman–Crippen LogP) is -6.83. The standard InChI is InChI=1S/C10H6F3NO4S.2Na/c11-3-1-2-4(7(13)6(3)12)14-8(19)5(9(15)16)10(17)18;;/h1-2,14,19H,(H,15,16)(H,17,18);;/q;2*+1/p-2. The summed E-state index contributed by atoms with van der Waals surface area (Å²) in [7, 11) is 0. The molecule has 1 rings (SSSR count). The van der Waals surface area contributed by atoms with Gasteiger partial charge in [-0.15, -0.1) is 12.6 Å². The molecule has 0 radical (unpaired) electrons. The zero-order valence-electron chi connectivity index (χ0n) is 10.9. The van der Waals surface area contributed by atoms with Crippen LogP contribution in [0.25, 0.3) is 0 Å². The number of carbonyl (C=O) groups is 2. The quantitative estimate of drug-likeness (QED) is 0.142. The monoisotopic (exact) mass is 337 g/mol. The van der Waals surface area contributed by atoms with Crippen molar-refractivity contribution in [3.8, 4) is 0 Å². The van der Waals surface area contributed by atoms with Crippen molar-refractivity contribution in [1.29, 1.82) is 0 Å². The van der Waals surface area contributed by atoms with Gasteiger partial charge in [0.15, 0.2) is 17.5 Å². The van der Waals surface area contributed by atoms with Crippen molar-refractivity contribution in [2.24, 2.45) is 0 Å². The van der Waals surface area contributed by atoms with Crippen LogP contribution in [0, 0.1) is 17.5 Å². The van der Waals surface area contributed by atoms with Crippen molar-refractivity contribution < 1.29 is 92.1 Å². The molecule has 11 heteroatoms. The van der Waals surface area contributed by atoms with Crippen LogP contribution in [0.4, 0.5) is 18.9 Å². The average Bonchev–Trinajstić information content (AvgIpc) is 2.29. The Kier molecular flexibility index (Phi) is 10.8. The minimum Gasteiger partial charge on any atom is -0.545 e. The Morgan fingerprint density at radius 1 is 1.00 bits per heavy atom. The summed E-state index contributed by atoms with van der Waals surface area (Å²) in [4.78, 5) is 20.9. The third kappa shape index (κ3) is 5.85. The van der Waals surface area contributed by atoms with Crippen LogP contribution in [-0.4, -0.2) is 11.9 Å². The first kappa shape index (κ1) is 23.1. The van der Waals surface area contributed by atoms with E-state index in [1.165, 1.54) is 0 Å². The fourth-order valence-electron chi connectivity index (χ4n) is 1.09. The van der Waals surface area contributed by atoms with Gasteiger partial charge in [0, 0.05) is 5.57 Å². The predicted molar refractivity (Wildman–Crippen MR) is 56.0 cm³/mol. The molecule has 0 bridgehead atoms. The number of carbonyl (C=O) groups excluding carboxylic acids is 2. The molecule has 0 fully saturated rings. The fourth-order valence-corrected chi connectivity index (χ4v) is 1.39. The van der Waals surface area contributed by atoms with E-state index in [1.54, 1.807) is 0 Å². The number of anilines is 1. The van der Waals surface area contributed by atoms with Gasteiger partial charge in [-0.05, 0) is 12.1 Å². The van der Waals surface area contributed by atoms with Gasteiger partial charge in [-0.1, -0.05) is 0 Å². The van der Waals surface area contributed by atoms with Crippen LogP contribution in [0.2, 0.25) is 0 Å². The number of halogens is 3. The topological polar surface area (TPSA) is 92.3 Å². The molecule has 0 saturated heterocycles. The van der Waals surface area contributed by atoms with Gasteiger partial charge in [-0.2, -0.15) is 0 Å². The maximum Gasteiger partial charge on any atom is 1.00 e. The van der Waals surface area contributed by atoms with Crippen molar-refractivity contribution in [3.05, 3.63) is 40.2 Å². The van der Waals surface area contributed by atoms with Gasteiger partial charge in [0.1, 0.15) is 0 Å². The average molecular weight is 337 g/mol. The number of hydrogen-bond donors (Lipinski definition) is 2. The molecule has 0 aliphatic heterocycles. The van der Waals surface area contributed by atoms with Gasteiger partial charge in [0.2, 0.25) is 0 Å². The first-order valence-electron chi connectivity index (χ1n) is 4.52. The van der Waals surface area contributed by atoms with Crippen LogP contribution in [0.3, 0.4) is 0 Å². The Labute approximate surface area is 166 Å².